The van der Waals surface area contributed by atoms with Gasteiger partial charge in [-0.15, -0.1) is 0 Å². The molecule has 0 radical (unpaired) electrons. The number of ether oxygens (including phenoxy) is 1. The van der Waals surface area contributed by atoms with Crippen LogP contribution in [0.1, 0.15) is 11.3 Å². The van der Waals surface area contributed by atoms with Gasteiger partial charge in [0.1, 0.15) is 18.4 Å². The lowest BCUT2D eigenvalue weighted by Crippen LogP contribution is -2.17. The number of rotatable bonds is 3. The van der Waals surface area contributed by atoms with Gasteiger partial charge in [0.25, 0.3) is 0 Å². The minimum atomic E-state index is -1.04. The van der Waals surface area contributed by atoms with E-state index in [0.29, 0.717) is 10.9 Å². The van der Waals surface area contributed by atoms with Gasteiger partial charge in [-0.2, -0.15) is 5.26 Å². The van der Waals surface area contributed by atoms with Crippen LogP contribution in [0.2, 0.25) is 0 Å². The Morgan fingerprint density at radius 2 is 2.20 bits per heavy atom. The molecule has 2 rings (SSSR count). The van der Waals surface area contributed by atoms with Gasteiger partial charge in [0.2, 0.25) is 0 Å². The first kappa shape index (κ1) is 13.8. The topological polar surface area (TPSA) is 81.0 Å². The number of benzene rings is 1. The molecule has 5 nitrogen and oxygen atoms in total. The first-order chi connectivity index (χ1) is 9.45. The number of aromatic nitrogens is 1. The van der Waals surface area contributed by atoms with E-state index in [1.165, 1.54) is 10.6 Å². The van der Waals surface area contributed by atoms with Crippen LogP contribution in [0.4, 0.5) is 13.6 Å². The van der Waals surface area contributed by atoms with Gasteiger partial charge in [0, 0.05) is 5.39 Å². The highest BCUT2D eigenvalue weighted by Crippen LogP contribution is 2.27. The van der Waals surface area contributed by atoms with Crippen LogP contribution in [0.15, 0.2) is 12.1 Å². The molecule has 1 aromatic heterocycles. The fraction of sp³-hybridized carbons (Fsp3) is 0.231. The molecule has 1 heterocycles. The van der Waals surface area contributed by atoms with Crippen LogP contribution in [0.25, 0.3) is 10.9 Å². The lowest BCUT2D eigenvalue weighted by Gasteiger charge is -2.08. The second-order valence-electron chi connectivity index (χ2n) is 4.21. The van der Waals surface area contributed by atoms with E-state index in [-0.39, 0.29) is 24.4 Å². The molecule has 0 atom stereocenters. The standard InChI is InChI=1S/C13H11F2N3O2/c1-7-4-10(14)11(15)12-9(7)5-8(6-16)18(12)2-3-20-13(17)19/h4-5H,2-3H2,1H3,(H2,17,19). The zero-order chi connectivity index (χ0) is 14.9. The number of amides is 1. The highest BCUT2D eigenvalue weighted by molar-refractivity contribution is 5.86. The minimum absolute atomic E-state index is 0.00907. The summed E-state index contributed by atoms with van der Waals surface area (Å²) in [6.45, 7) is 1.49. The second-order valence-corrected chi connectivity index (χ2v) is 4.21. The van der Waals surface area contributed by atoms with Crippen molar-refractivity contribution in [3.05, 3.63) is 35.0 Å². The lowest BCUT2D eigenvalue weighted by atomic mass is 10.1. The van der Waals surface area contributed by atoms with Crippen LogP contribution in [0.5, 0.6) is 0 Å². The van der Waals surface area contributed by atoms with Crippen LogP contribution in [0, 0.1) is 29.9 Å². The van der Waals surface area contributed by atoms with E-state index in [0.717, 1.165) is 6.07 Å². The number of fused-ring (bicyclic) bond motifs is 1. The summed E-state index contributed by atoms with van der Waals surface area (Å²) in [6.07, 6.45) is -0.970. The van der Waals surface area contributed by atoms with Crippen LogP contribution >= 0.6 is 0 Å². The van der Waals surface area contributed by atoms with Crippen LogP contribution in [-0.2, 0) is 11.3 Å². The molecular formula is C13H11F2N3O2. The summed E-state index contributed by atoms with van der Waals surface area (Å²) in [7, 11) is 0. The van der Waals surface area contributed by atoms with E-state index in [1.54, 1.807) is 6.92 Å². The monoisotopic (exact) mass is 279 g/mol. The largest absolute Gasteiger partial charge is 0.448 e. The number of nitrogens with two attached hydrogens (primary N) is 1. The Bertz CT molecular complexity index is 732. The van der Waals surface area contributed by atoms with Crippen LogP contribution in [-0.4, -0.2) is 17.3 Å². The predicted octanol–water partition coefficient (Wildman–Crippen LogP) is 2.19. The van der Waals surface area contributed by atoms with E-state index in [1.807, 2.05) is 6.07 Å². The molecule has 7 heteroatoms. The van der Waals surface area contributed by atoms with E-state index in [9.17, 15) is 13.6 Å². The van der Waals surface area contributed by atoms with E-state index < -0.39 is 17.7 Å². The number of primary amides is 1. The zero-order valence-corrected chi connectivity index (χ0v) is 10.6. The average molecular weight is 279 g/mol. The molecule has 1 aromatic carbocycles. The summed E-state index contributed by atoms with van der Waals surface area (Å²) in [6, 6.07) is 4.44. The third-order valence-electron chi connectivity index (χ3n) is 2.96. The molecule has 0 saturated carbocycles. The molecule has 2 N–H and O–H groups in total. The van der Waals surface area contributed by atoms with E-state index >= 15 is 0 Å². The van der Waals surface area contributed by atoms with Crippen molar-refractivity contribution < 1.29 is 18.3 Å². The summed E-state index contributed by atoms with van der Waals surface area (Å²) in [5, 5.41) is 9.50. The van der Waals surface area contributed by atoms with Crippen molar-refractivity contribution in [2.24, 2.45) is 5.73 Å². The number of carbonyl (C=O) groups is 1. The van der Waals surface area contributed by atoms with Gasteiger partial charge in [0.05, 0.1) is 12.1 Å². The maximum atomic E-state index is 13.9. The maximum Gasteiger partial charge on any atom is 0.404 e. The Balaban J connectivity index is 2.56. The summed E-state index contributed by atoms with van der Waals surface area (Å²) in [4.78, 5) is 10.5. The molecule has 1 amide bonds. The van der Waals surface area contributed by atoms with Gasteiger partial charge in [0.15, 0.2) is 11.6 Å². The quantitative estimate of drug-likeness (QED) is 0.935. The van der Waals surface area contributed by atoms with E-state index in [4.69, 9.17) is 11.0 Å². The highest BCUT2D eigenvalue weighted by atomic mass is 19.2. The van der Waals surface area contributed by atoms with Crippen LogP contribution < -0.4 is 5.73 Å². The summed E-state index contributed by atoms with van der Waals surface area (Å²) in [5.74, 6) is -2.03. The summed E-state index contributed by atoms with van der Waals surface area (Å²) < 4.78 is 33.2. The van der Waals surface area contributed by atoms with Gasteiger partial charge >= 0.3 is 6.09 Å². The number of hydrogen-bond donors (Lipinski definition) is 1. The van der Waals surface area contributed by atoms with Gasteiger partial charge in [-0.05, 0) is 24.6 Å². The fourth-order valence-corrected chi connectivity index (χ4v) is 2.09. The smallest absolute Gasteiger partial charge is 0.404 e. The highest BCUT2D eigenvalue weighted by Gasteiger charge is 2.18. The normalized spacial score (nSPS) is 10.5. The van der Waals surface area contributed by atoms with Gasteiger partial charge in [-0.3, -0.25) is 0 Å². The third-order valence-corrected chi connectivity index (χ3v) is 2.96. The number of hydrogen-bond acceptors (Lipinski definition) is 3. The minimum Gasteiger partial charge on any atom is -0.448 e. The molecule has 0 bridgehead atoms. The molecule has 0 aliphatic rings. The number of carbonyl (C=O) groups excluding carboxylic acids is 1. The van der Waals surface area contributed by atoms with Crippen molar-refractivity contribution in [3.8, 4) is 6.07 Å². The second kappa shape index (κ2) is 5.17. The van der Waals surface area contributed by atoms with Gasteiger partial charge in [-0.25, -0.2) is 13.6 Å². The van der Waals surface area contributed by atoms with Gasteiger partial charge < -0.3 is 15.0 Å². The molecule has 0 spiro atoms. The summed E-state index contributed by atoms with van der Waals surface area (Å²) in [5.41, 5.74) is 5.47. The third kappa shape index (κ3) is 2.28. The molecule has 0 aliphatic carbocycles. The number of nitriles is 1. The van der Waals surface area contributed by atoms with Crippen molar-refractivity contribution in [2.75, 3.05) is 6.61 Å². The summed E-state index contributed by atoms with van der Waals surface area (Å²) >= 11 is 0. The average Bonchev–Trinajstić information content (AvgIpc) is 2.75. The van der Waals surface area contributed by atoms with Gasteiger partial charge in [-0.1, -0.05) is 0 Å². The van der Waals surface area contributed by atoms with Crippen LogP contribution in [0.3, 0.4) is 0 Å². The van der Waals surface area contributed by atoms with Crippen molar-refractivity contribution in [1.82, 2.24) is 4.57 Å². The Hall–Kier alpha value is -2.62. The molecule has 0 aliphatic heterocycles. The van der Waals surface area contributed by atoms with Crippen molar-refractivity contribution in [1.29, 1.82) is 5.26 Å². The number of halogens is 2. The molecule has 20 heavy (non-hydrogen) atoms. The molecular weight excluding hydrogens is 268 g/mol. The molecule has 0 unspecified atom stereocenters. The SMILES string of the molecule is Cc1cc(F)c(F)c2c1cc(C#N)n2CCOC(N)=O. The van der Waals surface area contributed by atoms with Crippen molar-refractivity contribution in [3.63, 3.8) is 0 Å². The number of nitrogens with zero attached hydrogens (tertiary/aromatic N) is 2. The molecule has 0 fully saturated rings. The first-order valence-electron chi connectivity index (χ1n) is 5.76. The predicted molar refractivity (Wildman–Crippen MR) is 66.8 cm³/mol. The number of aryl methyl sites for hydroxylation is 1. The zero-order valence-electron chi connectivity index (χ0n) is 10.6. The Morgan fingerprint density at radius 3 is 2.80 bits per heavy atom. The van der Waals surface area contributed by atoms with Crippen molar-refractivity contribution in [2.45, 2.75) is 13.5 Å². The maximum absolute atomic E-state index is 13.9. The Kier molecular flexibility index (Phi) is 3.57. The molecule has 2 aromatic rings. The first-order valence-corrected chi connectivity index (χ1v) is 5.76. The Morgan fingerprint density at radius 1 is 1.50 bits per heavy atom. The molecule has 0 saturated heterocycles. The fourth-order valence-electron chi connectivity index (χ4n) is 2.09. The van der Waals surface area contributed by atoms with Crippen molar-refractivity contribution >= 4 is 17.0 Å². The molecule has 104 valence electrons. The lowest BCUT2D eigenvalue weighted by molar-refractivity contribution is 0.152. The van der Waals surface area contributed by atoms with E-state index in [2.05, 4.69) is 4.74 Å². The Labute approximate surface area is 113 Å².